The zero-order valence-corrected chi connectivity index (χ0v) is 20.0. The highest BCUT2D eigenvalue weighted by molar-refractivity contribution is 7.89. The standard InChI is InChI=1S/C26H25N3O5S/c1-2-19-3-7-22(8-4-19)28-26(30)21(18-27)17-23-9-12-25(34-23)20-5-10-24(11-6-20)35(31,32)29-13-15-33-16-14-29/h3-12,17H,2,13-16H2,1H3,(H,28,30). The van der Waals surface area contributed by atoms with Gasteiger partial charge in [-0.25, -0.2) is 8.42 Å². The van der Waals surface area contributed by atoms with Crippen molar-refractivity contribution in [2.45, 2.75) is 18.2 Å². The summed E-state index contributed by atoms with van der Waals surface area (Å²) in [6.45, 7) is 3.47. The van der Waals surface area contributed by atoms with E-state index in [0.717, 1.165) is 12.0 Å². The van der Waals surface area contributed by atoms with Crippen LogP contribution in [-0.2, 0) is 26.0 Å². The lowest BCUT2D eigenvalue weighted by Crippen LogP contribution is -2.40. The van der Waals surface area contributed by atoms with Crippen LogP contribution < -0.4 is 5.32 Å². The number of carbonyl (C=O) groups excluding carboxylic acids is 1. The van der Waals surface area contributed by atoms with Gasteiger partial charge in [0, 0.05) is 30.4 Å². The third-order valence-corrected chi connectivity index (χ3v) is 7.56. The van der Waals surface area contributed by atoms with E-state index in [9.17, 15) is 18.5 Å². The summed E-state index contributed by atoms with van der Waals surface area (Å²) in [6.07, 6.45) is 2.27. The number of anilines is 1. The van der Waals surface area contributed by atoms with Crippen molar-refractivity contribution in [3.8, 4) is 17.4 Å². The first kappa shape index (κ1) is 24.4. The summed E-state index contributed by atoms with van der Waals surface area (Å²) < 4.78 is 38.0. The highest BCUT2D eigenvalue weighted by Gasteiger charge is 2.26. The lowest BCUT2D eigenvalue weighted by Gasteiger charge is -2.26. The van der Waals surface area contributed by atoms with E-state index < -0.39 is 15.9 Å². The van der Waals surface area contributed by atoms with Gasteiger partial charge in [0.2, 0.25) is 10.0 Å². The molecule has 1 saturated heterocycles. The summed E-state index contributed by atoms with van der Waals surface area (Å²) in [7, 11) is -3.58. The molecule has 1 aromatic heterocycles. The molecule has 4 rings (SSSR count). The molecule has 9 heteroatoms. The van der Waals surface area contributed by atoms with E-state index in [1.54, 1.807) is 36.4 Å². The molecular weight excluding hydrogens is 466 g/mol. The molecule has 0 radical (unpaired) electrons. The molecule has 2 heterocycles. The summed E-state index contributed by atoms with van der Waals surface area (Å²) in [4.78, 5) is 12.7. The van der Waals surface area contributed by atoms with E-state index >= 15 is 0 Å². The molecule has 1 aliphatic rings. The SMILES string of the molecule is CCc1ccc(NC(=O)C(C#N)=Cc2ccc(-c3ccc(S(=O)(=O)N4CCOCC4)cc3)o2)cc1. The predicted molar refractivity (Wildman–Crippen MR) is 132 cm³/mol. The van der Waals surface area contributed by atoms with Gasteiger partial charge in [-0.15, -0.1) is 0 Å². The van der Waals surface area contributed by atoms with Gasteiger partial charge in [0.15, 0.2) is 0 Å². The Morgan fingerprint density at radius 2 is 1.74 bits per heavy atom. The molecule has 0 saturated carbocycles. The normalized spacial score (nSPS) is 14.9. The molecule has 1 aliphatic heterocycles. The predicted octanol–water partition coefficient (Wildman–Crippen LogP) is 4.08. The Morgan fingerprint density at radius 1 is 1.06 bits per heavy atom. The second kappa shape index (κ2) is 10.7. The Morgan fingerprint density at radius 3 is 2.37 bits per heavy atom. The molecule has 8 nitrogen and oxygen atoms in total. The molecule has 1 amide bonds. The minimum atomic E-state index is -3.58. The zero-order chi connectivity index (χ0) is 24.8. The topological polar surface area (TPSA) is 113 Å². The molecule has 1 fully saturated rings. The smallest absolute Gasteiger partial charge is 0.266 e. The largest absolute Gasteiger partial charge is 0.457 e. The number of rotatable bonds is 7. The Kier molecular flexibility index (Phi) is 7.46. The number of hydrogen-bond donors (Lipinski definition) is 1. The summed E-state index contributed by atoms with van der Waals surface area (Å²) in [5, 5.41) is 12.2. The number of morpholine rings is 1. The van der Waals surface area contributed by atoms with Gasteiger partial charge >= 0.3 is 0 Å². The van der Waals surface area contributed by atoms with E-state index in [1.165, 1.54) is 22.5 Å². The van der Waals surface area contributed by atoms with Crippen LogP contribution in [0, 0.1) is 11.3 Å². The van der Waals surface area contributed by atoms with E-state index in [0.29, 0.717) is 49.1 Å². The van der Waals surface area contributed by atoms with Crippen LogP contribution in [0.5, 0.6) is 0 Å². The number of sulfonamides is 1. The highest BCUT2D eigenvalue weighted by Crippen LogP contribution is 2.26. The van der Waals surface area contributed by atoms with Gasteiger partial charge in [-0.05, 0) is 60.5 Å². The third-order valence-electron chi connectivity index (χ3n) is 5.65. The molecule has 180 valence electrons. The summed E-state index contributed by atoms with van der Waals surface area (Å²) in [5.41, 5.74) is 2.32. The number of amides is 1. The molecule has 1 N–H and O–H groups in total. The fourth-order valence-electron chi connectivity index (χ4n) is 3.63. The van der Waals surface area contributed by atoms with Crippen molar-refractivity contribution in [2.75, 3.05) is 31.6 Å². The molecule has 0 bridgehead atoms. The lowest BCUT2D eigenvalue weighted by atomic mass is 10.1. The number of nitrogens with zero attached hydrogens (tertiary/aromatic N) is 2. The van der Waals surface area contributed by atoms with Crippen LogP contribution in [0.1, 0.15) is 18.2 Å². The second-order valence-electron chi connectivity index (χ2n) is 7.92. The van der Waals surface area contributed by atoms with Crippen molar-refractivity contribution in [2.24, 2.45) is 0 Å². The van der Waals surface area contributed by atoms with Crippen molar-refractivity contribution in [1.82, 2.24) is 4.31 Å². The number of furan rings is 1. The zero-order valence-electron chi connectivity index (χ0n) is 19.2. The van der Waals surface area contributed by atoms with E-state index in [4.69, 9.17) is 9.15 Å². The molecule has 0 aliphatic carbocycles. The Hall–Kier alpha value is -3.71. The Balaban J connectivity index is 1.47. The summed E-state index contributed by atoms with van der Waals surface area (Å²) >= 11 is 0. The van der Waals surface area contributed by atoms with Crippen molar-refractivity contribution >= 4 is 27.7 Å². The summed E-state index contributed by atoms with van der Waals surface area (Å²) in [6, 6.07) is 19.1. The molecule has 2 aromatic carbocycles. The second-order valence-corrected chi connectivity index (χ2v) is 9.86. The monoisotopic (exact) mass is 491 g/mol. The van der Waals surface area contributed by atoms with Gasteiger partial charge in [0.05, 0.1) is 18.1 Å². The van der Waals surface area contributed by atoms with Gasteiger partial charge in [0.1, 0.15) is 23.2 Å². The van der Waals surface area contributed by atoms with Crippen molar-refractivity contribution < 1.29 is 22.4 Å². The summed E-state index contributed by atoms with van der Waals surface area (Å²) in [5.74, 6) is 0.282. The first-order valence-electron chi connectivity index (χ1n) is 11.2. The van der Waals surface area contributed by atoms with E-state index in [2.05, 4.69) is 5.32 Å². The molecular formula is C26H25N3O5S. The fourth-order valence-corrected chi connectivity index (χ4v) is 5.03. The van der Waals surface area contributed by atoms with Gasteiger partial charge in [-0.1, -0.05) is 19.1 Å². The Labute approximate surface area is 204 Å². The fraction of sp³-hybridized carbons (Fsp3) is 0.231. The van der Waals surface area contributed by atoms with Gasteiger partial charge in [-0.3, -0.25) is 4.79 Å². The van der Waals surface area contributed by atoms with Crippen LogP contribution in [0.4, 0.5) is 5.69 Å². The third kappa shape index (κ3) is 5.69. The number of nitrogens with one attached hydrogen (secondary N) is 1. The van der Waals surface area contributed by atoms with Crippen LogP contribution in [-0.4, -0.2) is 44.9 Å². The number of nitriles is 1. The number of benzene rings is 2. The molecule has 0 atom stereocenters. The van der Waals surface area contributed by atoms with Gasteiger partial charge < -0.3 is 14.5 Å². The Bertz CT molecular complexity index is 1360. The molecule has 3 aromatic rings. The number of aryl methyl sites for hydroxylation is 1. The van der Waals surface area contributed by atoms with Crippen LogP contribution in [0.25, 0.3) is 17.4 Å². The van der Waals surface area contributed by atoms with Gasteiger partial charge in [0.25, 0.3) is 5.91 Å². The maximum atomic E-state index is 12.8. The number of ether oxygens (including phenoxy) is 1. The maximum absolute atomic E-state index is 12.8. The maximum Gasteiger partial charge on any atom is 0.266 e. The van der Waals surface area contributed by atoms with E-state index in [-0.39, 0.29) is 10.5 Å². The molecule has 35 heavy (non-hydrogen) atoms. The lowest BCUT2D eigenvalue weighted by molar-refractivity contribution is -0.112. The minimum Gasteiger partial charge on any atom is -0.457 e. The highest BCUT2D eigenvalue weighted by atomic mass is 32.2. The first-order valence-corrected chi connectivity index (χ1v) is 12.6. The molecule has 0 unspecified atom stereocenters. The van der Waals surface area contributed by atoms with Crippen molar-refractivity contribution in [3.05, 3.63) is 77.6 Å². The van der Waals surface area contributed by atoms with Crippen LogP contribution >= 0.6 is 0 Å². The van der Waals surface area contributed by atoms with Gasteiger partial charge in [-0.2, -0.15) is 9.57 Å². The number of carbonyl (C=O) groups is 1. The van der Waals surface area contributed by atoms with Crippen LogP contribution in [0.15, 0.2) is 75.5 Å². The van der Waals surface area contributed by atoms with E-state index in [1.807, 2.05) is 25.1 Å². The minimum absolute atomic E-state index is 0.0996. The average Bonchev–Trinajstić information content (AvgIpc) is 3.37. The van der Waals surface area contributed by atoms with Crippen molar-refractivity contribution in [3.63, 3.8) is 0 Å². The number of hydrogen-bond acceptors (Lipinski definition) is 6. The first-order chi connectivity index (χ1) is 16.9. The molecule has 0 spiro atoms. The van der Waals surface area contributed by atoms with Crippen molar-refractivity contribution in [1.29, 1.82) is 5.26 Å². The average molecular weight is 492 g/mol. The quantitative estimate of drug-likeness (QED) is 0.394. The van der Waals surface area contributed by atoms with Crippen LogP contribution in [0.2, 0.25) is 0 Å². The van der Waals surface area contributed by atoms with Crippen LogP contribution in [0.3, 0.4) is 0 Å².